The van der Waals surface area contributed by atoms with Gasteiger partial charge in [0.25, 0.3) is 5.91 Å². The number of benzene rings is 3. The topological polar surface area (TPSA) is 105 Å². The third-order valence-electron chi connectivity index (χ3n) is 6.62. The molecule has 0 bridgehead atoms. The van der Waals surface area contributed by atoms with Crippen molar-refractivity contribution in [3.63, 3.8) is 0 Å². The molecule has 1 atom stereocenters. The van der Waals surface area contributed by atoms with Crippen LogP contribution in [0.5, 0.6) is 5.75 Å². The van der Waals surface area contributed by atoms with Crippen molar-refractivity contribution in [1.82, 2.24) is 9.62 Å². The molecule has 1 saturated heterocycles. The highest BCUT2D eigenvalue weighted by atomic mass is 32.2. The summed E-state index contributed by atoms with van der Waals surface area (Å²) in [6.07, 6.45) is -0.621. The number of hydrogen-bond donors (Lipinski definition) is 1. The maximum atomic E-state index is 13.3. The number of carbonyl (C=O) groups excluding carboxylic acids is 2. The number of sulfonamides is 1. The van der Waals surface area contributed by atoms with Crippen molar-refractivity contribution in [3.05, 3.63) is 89.7 Å². The van der Waals surface area contributed by atoms with E-state index in [0.717, 1.165) is 5.56 Å². The third-order valence-corrected chi connectivity index (χ3v) is 8.08. The Morgan fingerprint density at radius 3 is 2.27 bits per heavy atom. The van der Waals surface area contributed by atoms with Crippen molar-refractivity contribution in [1.29, 1.82) is 0 Å². The van der Waals surface area contributed by atoms with E-state index in [0.29, 0.717) is 49.6 Å². The Kier molecular flexibility index (Phi) is 9.38. The molecule has 212 valence electrons. The lowest BCUT2D eigenvalue weighted by Crippen LogP contribution is -2.50. The lowest BCUT2D eigenvalue weighted by molar-refractivity contribution is -0.159. The molecule has 4 rings (SSSR count). The van der Waals surface area contributed by atoms with Gasteiger partial charge in [0.1, 0.15) is 11.6 Å². The van der Waals surface area contributed by atoms with Crippen LogP contribution in [0.2, 0.25) is 0 Å². The number of anilines is 1. The number of esters is 1. The smallest absolute Gasteiger partial charge is 0.303 e. The van der Waals surface area contributed by atoms with Crippen LogP contribution in [0.4, 0.5) is 10.1 Å². The van der Waals surface area contributed by atoms with Gasteiger partial charge in [0.2, 0.25) is 16.1 Å². The molecule has 1 heterocycles. The molecule has 0 unspecified atom stereocenters. The van der Waals surface area contributed by atoms with Crippen molar-refractivity contribution in [2.45, 2.75) is 24.3 Å². The Labute approximate surface area is 233 Å². The highest BCUT2D eigenvalue weighted by Crippen LogP contribution is 2.32. The molecule has 0 radical (unpaired) electrons. The summed E-state index contributed by atoms with van der Waals surface area (Å²) in [5.74, 6) is -0.697. The molecule has 0 aliphatic carbocycles. The summed E-state index contributed by atoms with van der Waals surface area (Å²) in [5, 5.41) is 0. The number of piperazine rings is 1. The van der Waals surface area contributed by atoms with E-state index in [-0.39, 0.29) is 23.2 Å². The van der Waals surface area contributed by atoms with E-state index in [1.54, 1.807) is 53.4 Å². The van der Waals surface area contributed by atoms with Crippen LogP contribution in [0.25, 0.3) is 0 Å². The maximum Gasteiger partial charge on any atom is 0.303 e. The predicted octanol–water partition coefficient (Wildman–Crippen LogP) is 3.31. The minimum absolute atomic E-state index is 0.0833. The normalized spacial score (nSPS) is 14.5. The van der Waals surface area contributed by atoms with Gasteiger partial charge in [-0.15, -0.1) is 0 Å². The zero-order chi connectivity index (χ0) is 28.7. The number of methoxy groups -OCH3 is 1. The van der Waals surface area contributed by atoms with Gasteiger partial charge in [-0.05, 0) is 42.3 Å². The molecule has 40 heavy (non-hydrogen) atoms. The minimum atomic E-state index is -3.82. The van der Waals surface area contributed by atoms with E-state index in [4.69, 9.17) is 9.47 Å². The van der Waals surface area contributed by atoms with Crippen molar-refractivity contribution >= 4 is 27.6 Å². The van der Waals surface area contributed by atoms with E-state index in [2.05, 4.69) is 4.72 Å². The van der Waals surface area contributed by atoms with Gasteiger partial charge in [0.05, 0.1) is 17.7 Å². The summed E-state index contributed by atoms with van der Waals surface area (Å²) in [5.41, 5.74) is 2.00. The van der Waals surface area contributed by atoms with E-state index in [1.165, 1.54) is 32.2 Å². The van der Waals surface area contributed by atoms with Crippen LogP contribution in [0.15, 0.2) is 77.7 Å². The molecule has 9 nitrogen and oxygen atoms in total. The average molecular weight is 570 g/mol. The molecule has 0 aromatic heterocycles. The first-order valence-electron chi connectivity index (χ1n) is 12.9. The lowest BCUT2D eigenvalue weighted by atomic mass is 10.1. The van der Waals surface area contributed by atoms with E-state index < -0.39 is 22.1 Å². The molecule has 0 saturated carbocycles. The summed E-state index contributed by atoms with van der Waals surface area (Å²) >= 11 is 0. The van der Waals surface area contributed by atoms with Gasteiger partial charge in [0.15, 0.2) is 0 Å². The standard InChI is InChI=1S/C29H32FN3O6S/c1-21(34)39-28(23-6-4-3-5-7-23)29(35)33-18-16-32(17-19-33)26-20-25(12-13-27(26)38-2)40(36,37)31-15-14-22-8-10-24(30)11-9-22/h3-13,20,28,31H,14-19H2,1-2H3/t28-/m0/s1. The fraction of sp³-hybridized carbons (Fsp3) is 0.310. The van der Waals surface area contributed by atoms with E-state index in [9.17, 15) is 22.4 Å². The first-order chi connectivity index (χ1) is 19.2. The SMILES string of the molecule is COc1ccc(S(=O)(=O)NCCc2ccc(F)cc2)cc1N1CCN(C(=O)[C@@H](OC(C)=O)c2ccccc2)CC1. The summed E-state index contributed by atoms with van der Waals surface area (Å²) < 4.78 is 52.6. The molecule has 11 heteroatoms. The van der Waals surface area contributed by atoms with Crippen molar-refractivity contribution in [3.8, 4) is 5.75 Å². The Morgan fingerprint density at radius 2 is 1.65 bits per heavy atom. The zero-order valence-corrected chi connectivity index (χ0v) is 23.2. The monoisotopic (exact) mass is 569 g/mol. The lowest BCUT2D eigenvalue weighted by Gasteiger charge is -2.38. The predicted molar refractivity (Wildman–Crippen MR) is 148 cm³/mol. The van der Waals surface area contributed by atoms with Crippen molar-refractivity contribution in [2.24, 2.45) is 0 Å². The molecule has 0 spiro atoms. The number of amides is 1. The van der Waals surface area contributed by atoms with Crippen LogP contribution in [-0.4, -0.2) is 65.0 Å². The maximum absolute atomic E-state index is 13.3. The Balaban J connectivity index is 1.43. The van der Waals surface area contributed by atoms with Crippen LogP contribution in [0.3, 0.4) is 0 Å². The minimum Gasteiger partial charge on any atom is -0.495 e. The average Bonchev–Trinajstić information content (AvgIpc) is 2.96. The third kappa shape index (κ3) is 7.16. The number of hydrogen-bond acceptors (Lipinski definition) is 7. The highest BCUT2D eigenvalue weighted by Gasteiger charge is 2.31. The summed E-state index contributed by atoms with van der Waals surface area (Å²) in [4.78, 5) is 28.7. The first kappa shape index (κ1) is 29.0. The quantitative estimate of drug-likeness (QED) is 0.374. The number of nitrogens with one attached hydrogen (secondary N) is 1. The van der Waals surface area contributed by atoms with Crippen molar-refractivity contribution < 1.29 is 31.9 Å². The number of carbonyl (C=O) groups is 2. The van der Waals surface area contributed by atoms with Gasteiger partial charge in [-0.25, -0.2) is 17.5 Å². The molecule has 3 aromatic carbocycles. The number of rotatable bonds is 10. The molecule has 1 aliphatic heterocycles. The summed E-state index contributed by atoms with van der Waals surface area (Å²) in [6.45, 7) is 2.96. The number of nitrogens with zero attached hydrogens (tertiary/aromatic N) is 2. The summed E-state index contributed by atoms with van der Waals surface area (Å²) in [6, 6.07) is 19.4. The molecule has 3 aromatic rings. The Morgan fingerprint density at radius 1 is 0.975 bits per heavy atom. The fourth-order valence-corrected chi connectivity index (χ4v) is 5.59. The summed E-state index contributed by atoms with van der Waals surface area (Å²) in [7, 11) is -2.31. The van der Waals surface area contributed by atoms with Crippen LogP contribution in [0, 0.1) is 5.82 Å². The first-order valence-corrected chi connectivity index (χ1v) is 14.3. The highest BCUT2D eigenvalue weighted by molar-refractivity contribution is 7.89. The van der Waals surface area contributed by atoms with Crippen LogP contribution >= 0.6 is 0 Å². The molecular formula is C29H32FN3O6S. The molecule has 1 aliphatic rings. The Hall–Kier alpha value is -3.96. The van der Waals surface area contributed by atoms with Crippen LogP contribution < -0.4 is 14.4 Å². The van der Waals surface area contributed by atoms with Gasteiger partial charge in [-0.2, -0.15) is 0 Å². The number of ether oxygens (including phenoxy) is 2. The second kappa shape index (κ2) is 12.9. The molecule has 1 N–H and O–H groups in total. The second-order valence-corrected chi connectivity index (χ2v) is 11.1. The molecular weight excluding hydrogens is 537 g/mol. The van der Waals surface area contributed by atoms with Gasteiger partial charge in [-0.3, -0.25) is 9.59 Å². The van der Waals surface area contributed by atoms with Gasteiger partial charge in [-0.1, -0.05) is 42.5 Å². The van der Waals surface area contributed by atoms with Crippen LogP contribution in [-0.2, 0) is 30.8 Å². The molecule has 1 fully saturated rings. The number of halogens is 1. The zero-order valence-electron chi connectivity index (χ0n) is 22.4. The van der Waals surface area contributed by atoms with Crippen LogP contribution in [0.1, 0.15) is 24.2 Å². The van der Waals surface area contributed by atoms with Gasteiger partial charge < -0.3 is 19.3 Å². The van der Waals surface area contributed by atoms with Crippen molar-refractivity contribution in [2.75, 3.05) is 44.7 Å². The van der Waals surface area contributed by atoms with E-state index >= 15 is 0 Å². The van der Waals surface area contributed by atoms with Gasteiger partial charge >= 0.3 is 5.97 Å². The van der Waals surface area contributed by atoms with E-state index in [1.807, 2.05) is 11.0 Å². The Bertz CT molecular complexity index is 1430. The van der Waals surface area contributed by atoms with Gasteiger partial charge in [0, 0.05) is 45.2 Å². The second-order valence-electron chi connectivity index (χ2n) is 9.32. The largest absolute Gasteiger partial charge is 0.495 e. The molecule has 1 amide bonds. The fourth-order valence-electron chi connectivity index (χ4n) is 4.54.